The minimum absolute atomic E-state index is 0.0544. The van der Waals surface area contributed by atoms with Crippen LogP contribution in [0.1, 0.15) is 16.7 Å². The fourth-order valence-electron chi connectivity index (χ4n) is 3.18. The zero-order chi connectivity index (χ0) is 20.8. The molecule has 0 fully saturated rings. The minimum Gasteiger partial charge on any atom is -0.325 e. The second kappa shape index (κ2) is 9.41. The lowest BCUT2D eigenvalue weighted by molar-refractivity contribution is -0.113. The van der Waals surface area contributed by atoms with E-state index in [0.717, 1.165) is 28.5 Å². The van der Waals surface area contributed by atoms with Crippen molar-refractivity contribution in [2.24, 2.45) is 0 Å². The van der Waals surface area contributed by atoms with Crippen molar-refractivity contribution in [1.82, 2.24) is 14.5 Å². The second-order valence-electron chi connectivity index (χ2n) is 6.93. The van der Waals surface area contributed by atoms with Gasteiger partial charge in [-0.05, 0) is 60.4 Å². The third-order valence-electron chi connectivity index (χ3n) is 4.71. The number of hydrogen-bond donors (Lipinski definition) is 1. The number of carbonyl (C=O) groups is 1. The zero-order valence-corrected chi connectivity index (χ0v) is 17.5. The fourth-order valence-corrected chi connectivity index (χ4v) is 3.95. The summed E-state index contributed by atoms with van der Waals surface area (Å²) in [5.41, 5.74) is 5.42. The van der Waals surface area contributed by atoms with E-state index in [0.29, 0.717) is 5.75 Å². The maximum atomic E-state index is 12.4. The molecule has 1 amide bonds. The van der Waals surface area contributed by atoms with Gasteiger partial charge in [-0.25, -0.2) is 4.98 Å². The Labute approximate surface area is 180 Å². The van der Waals surface area contributed by atoms with Gasteiger partial charge >= 0.3 is 0 Å². The Morgan fingerprint density at radius 1 is 0.967 bits per heavy atom. The summed E-state index contributed by atoms with van der Waals surface area (Å²) in [5, 5.41) is 3.76. The van der Waals surface area contributed by atoms with Crippen LogP contribution in [0.3, 0.4) is 0 Å². The molecular weight excluding hydrogens is 392 g/mol. The van der Waals surface area contributed by atoms with Crippen LogP contribution in [-0.2, 0) is 11.2 Å². The first-order chi connectivity index (χ1) is 14.7. The van der Waals surface area contributed by atoms with Crippen molar-refractivity contribution in [1.29, 1.82) is 0 Å². The highest BCUT2D eigenvalue weighted by atomic mass is 32.2. The Bertz CT molecular complexity index is 1120. The zero-order valence-electron chi connectivity index (χ0n) is 16.7. The Balaban J connectivity index is 1.34. The van der Waals surface area contributed by atoms with Gasteiger partial charge in [0.15, 0.2) is 5.16 Å². The predicted molar refractivity (Wildman–Crippen MR) is 121 cm³/mol. The average molecular weight is 415 g/mol. The monoisotopic (exact) mass is 414 g/mol. The molecule has 0 atom stereocenters. The van der Waals surface area contributed by atoms with Crippen LogP contribution in [0.5, 0.6) is 0 Å². The van der Waals surface area contributed by atoms with E-state index in [4.69, 9.17) is 0 Å². The van der Waals surface area contributed by atoms with Crippen molar-refractivity contribution in [3.05, 3.63) is 102 Å². The molecule has 2 heterocycles. The Morgan fingerprint density at radius 2 is 1.70 bits per heavy atom. The molecule has 150 valence electrons. The van der Waals surface area contributed by atoms with Crippen LogP contribution in [-0.4, -0.2) is 26.2 Å². The summed E-state index contributed by atoms with van der Waals surface area (Å²) in [6.45, 7) is 2.06. The number of nitrogens with one attached hydrogen (secondary N) is 1. The quantitative estimate of drug-likeness (QED) is 0.437. The second-order valence-corrected chi connectivity index (χ2v) is 7.87. The summed E-state index contributed by atoms with van der Waals surface area (Å²) in [6, 6.07) is 20.1. The van der Waals surface area contributed by atoms with Crippen LogP contribution in [0.4, 0.5) is 5.69 Å². The van der Waals surface area contributed by atoms with Crippen molar-refractivity contribution >= 4 is 23.4 Å². The van der Waals surface area contributed by atoms with Crippen LogP contribution >= 0.6 is 11.8 Å². The number of amides is 1. The van der Waals surface area contributed by atoms with Gasteiger partial charge < -0.3 is 5.32 Å². The van der Waals surface area contributed by atoms with Gasteiger partial charge in [0.05, 0.1) is 11.4 Å². The van der Waals surface area contributed by atoms with E-state index in [-0.39, 0.29) is 5.91 Å². The maximum absolute atomic E-state index is 12.4. The molecule has 1 N–H and O–H groups in total. The maximum Gasteiger partial charge on any atom is 0.234 e. The van der Waals surface area contributed by atoms with Crippen molar-refractivity contribution in [2.75, 3.05) is 11.1 Å². The summed E-state index contributed by atoms with van der Waals surface area (Å²) in [6.07, 6.45) is 8.12. The molecule has 0 aliphatic rings. The number of aromatic nitrogens is 3. The van der Waals surface area contributed by atoms with Crippen LogP contribution in [0, 0.1) is 6.92 Å². The molecular formula is C24H22N4OS. The average Bonchev–Trinajstić information content (AvgIpc) is 3.23. The smallest absolute Gasteiger partial charge is 0.234 e. The molecule has 6 heteroatoms. The largest absolute Gasteiger partial charge is 0.325 e. The predicted octanol–water partition coefficient (Wildman–Crippen LogP) is 4.90. The van der Waals surface area contributed by atoms with E-state index in [1.165, 1.54) is 22.9 Å². The number of hydrogen-bond acceptors (Lipinski definition) is 4. The number of aryl methyl sites for hydroxylation is 1. The lowest BCUT2D eigenvalue weighted by Gasteiger charge is -2.10. The Morgan fingerprint density at radius 3 is 2.47 bits per heavy atom. The standard InChI is InChI=1S/C24H22N4OS/c1-18-4-2-3-5-22(18)28-15-14-26-24(28)30-17-23(29)27-21-8-6-19(7-9-21)16-20-10-12-25-13-11-20/h2-15H,16-17H2,1H3,(H,27,29). The summed E-state index contributed by atoms with van der Waals surface area (Å²) in [4.78, 5) is 20.9. The van der Waals surface area contributed by atoms with Gasteiger partial charge in [-0.2, -0.15) is 0 Å². The molecule has 2 aromatic heterocycles. The summed E-state index contributed by atoms with van der Waals surface area (Å²) < 4.78 is 2.02. The van der Waals surface area contributed by atoms with Crippen LogP contribution in [0.2, 0.25) is 0 Å². The molecule has 4 aromatic rings. The normalized spacial score (nSPS) is 10.7. The van der Waals surface area contributed by atoms with Crippen molar-refractivity contribution in [2.45, 2.75) is 18.5 Å². The number of para-hydroxylation sites is 1. The number of pyridine rings is 1. The highest BCUT2D eigenvalue weighted by molar-refractivity contribution is 7.99. The molecule has 0 aliphatic carbocycles. The molecule has 0 saturated heterocycles. The molecule has 0 bridgehead atoms. The van der Waals surface area contributed by atoms with Gasteiger partial charge in [-0.15, -0.1) is 0 Å². The Hall–Kier alpha value is -3.38. The molecule has 0 aliphatic heterocycles. The van der Waals surface area contributed by atoms with E-state index in [2.05, 4.69) is 34.3 Å². The van der Waals surface area contributed by atoms with Crippen molar-refractivity contribution in [3.8, 4) is 5.69 Å². The van der Waals surface area contributed by atoms with Gasteiger partial charge in [-0.1, -0.05) is 42.1 Å². The summed E-state index contributed by atoms with van der Waals surface area (Å²) in [5.74, 6) is 0.239. The highest BCUT2D eigenvalue weighted by Gasteiger charge is 2.10. The lowest BCUT2D eigenvalue weighted by atomic mass is 10.1. The number of carbonyl (C=O) groups excluding carboxylic acids is 1. The molecule has 0 saturated carbocycles. The Kier molecular flexibility index (Phi) is 6.25. The molecule has 5 nitrogen and oxygen atoms in total. The third-order valence-corrected chi connectivity index (χ3v) is 5.68. The minimum atomic E-state index is -0.0544. The SMILES string of the molecule is Cc1ccccc1-n1ccnc1SCC(=O)Nc1ccc(Cc2ccncc2)cc1. The van der Waals surface area contributed by atoms with Crippen LogP contribution in [0.25, 0.3) is 5.69 Å². The number of thioether (sulfide) groups is 1. The highest BCUT2D eigenvalue weighted by Crippen LogP contribution is 2.23. The van der Waals surface area contributed by atoms with Crippen molar-refractivity contribution < 1.29 is 4.79 Å². The molecule has 4 rings (SSSR count). The van der Waals surface area contributed by atoms with Gasteiger partial charge in [0.25, 0.3) is 0 Å². The number of rotatable bonds is 7. The van der Waals surface area contributed by atoms with E-state index >= 15 is 0 Å². The molecule has 0 unspecified atom stereocenters. The van der Waals surface area contributed by atoms with Crippen LogP contribution in [0.15, 0.2) is 90.6 Å². The lowest BCUT2D eigenvalue weighted by Crippen LogP contribution is -2.14. The third kappa shape index (κ3) is 4.96. The van der Waals surface area contributed by atoms with E-state index in [9.17, 15) is 4.79 Å². The van der Waals surface area contributed by atoms with E-state index < -0.39 is 0 Å². The van der Waals surface area contributed by atoms with Crippen LogP contribution < -0.4 is 5.32 Å². The summed E-state index contributed by atoms with van der Waals surface area (Å²) in [7, 11) is 0. The van der Waals surface area contributed by atoms with Crippen molar-refractivity contribution in [3.63, 3.8) is 0 Å². The molecule has 2 aromatic carbocycles. The number of anilines is 1. The first kappa shape index (κ1) is 19.9. The van der Waals surface area contributed by atoms with Gasteiger partial charge in [-0.3, -0.25) is 14.3 Å². The number of imidazole rings is 1. The molecule has 0 radical (unpaired) electrons. The number of nitrogens with zero attached hydrogens (tertiary/aromatic N) is 3. The van der Waals surface area contributed by atoms with Gasteiger partial charge in [0.1, 0.15) is 0 Å². The molecule has 30 heavy (non-hydrogen) atoms. The fraction of sp³-hybridized carbons (Fsp3) is 0.125. The molecule has 0 spiro atoms. The van der Waals surface area contributed by atoms with E-state index in [1.54, 1.807) is 18.6 Å². The van der Waals surface area contributed by atoms with Gasteiger partial charge in [0.2, 0.25) is 5.91 Å². The first-order valence-corrected chi connectivity index (χ1v) is 10.7. The topological polar surface area (TPSA) is 59.8 Å². The number of benzene rings is 2. The summed E-state index contributed by atoms with van der Waals surface area (Å²) >= 11 is 1.42. The van der Waals surface area contributed by atoms with Gasteiger partial charge in [0, 0.05) is 30.5 Å². The van der Waals surface area contributed by atoms with E-state index in [1.807, 2.05) is 59.3 Å². The first-order valence-electron chi connectivity index (χ1n) is 9.69.